The zero-order chi connectivity index (χ0) is 12.1. The summed E-state index contributed by atoms with van der Waals surface area (Å²) in [4.78, 5) is 11.7. The molecule has 3 heteroatoms. The Balaban J connectivity index is 2.41. The lowest BCUT2D eigenvalue weighted by Gasteiger charge is -2.02. The zero-order valence-electron chi connectivity index (χ0n) is 9.42. The molecule has 1 aromatic carbocycles. The van der Waals surface area contributed by atoms with Gasteiger partial charge >= 0.3 is 5.97 Å². The Morgan fingerprint density at radius 1 is 1.18 bits per heavy atom. The van der Waals surface area contributed by atoms with Crippen LogP contribution in [0.3, 0.4) is 0 Å². The first-order valence-corrected chi connectivity index (χ1v) is 5.20. The molecule has 0 unspecified atom stereocenters. The van der Waals surface area contributed by atoms with E-state index in [0.717, 1.165) is 5.56 Å². The smallest absolute Gasteiger partial charge is 0.341 e. The van der Waals surface area contributed by atoms with Crippen LogP contribution in [0.1, 0.15) is 11.3 Å². The lowest BCUT2D eigenvalue weighted by atomic mass is 10.1. The van der Waals surface area contributed by atoms with Crippen molar-refractivity contribution in [3.05, 3.63) is 60.1 Å². The minimum absolute atomic E-state index is 0.406. The number of methoxy groups -OCH3 is 1. The standard InChI is InChI=1S/C14H12O3/c1-16-14(15)12(13-8-5-9-17-13)10-11-6-3-2-4-7-11/h2-10H,1H3/b12-10-. The summed E-state index contributed by atoms with van der Waals surface area (Å²) in [5.74, 6) is 0.0875. The number of ether oxygens (including phenoxy) is 1. The molecule has 0 bridgehead atoms. The van der Waals surface area contributed by atoms with Crippen LogP contribution < -0.4 is 0 Å². The zero-order valence-corrected chi connectivity index (χ0v) is 9.42. The van der Waals surface area contributed by atoms with E-state index in [4.69, 9.17) is 9.15 Å². The van der Waals surface area contributed by atoms with Crippen LogP contribution in [0.2, 0.25) is 0 Å². The van der Waals surface area contributed by atoms with Gasteiger partial charge in [0.2, 0.25) is 0 Å². The van der Waals surface area contributed by atoms with E-state index in [2.05, 4.69) is 0 Å². The SMILES string of the molecule is COC(=O)/C(=C\c1ccccc1)c1ccco1. The van der Waals surface area contributed by atoms with Crippen molar-refractivity contribution in [3.8, 4) is 0 Å². The van der Waals surface area contributed by atoms with E-state index in [-0.39, 0.29) is 0 Å². The van der Waals surface area contributed by atoms with Gasteiger partial charge in [-0.3, -0.25) is 0 Å². The summed E-state index contributed by atoms with van der Waals surface area (Å²) >= 11 is 0. The fraction of sp³-hybridized carbons (Fsp3) is 0.0714. The second-order valence-electron chi connectivity index (χ2n) is 3.44. The topological polar surface area (TPSA) is 39.4 Å². The van der Waals surface area contributed by atoms with Gasteiger partial charge in [0.15, 0.2) is 0 Å². The molecule has 3 nitrogen and oxygen atoms in total. The van der Waals surface area contributed by atoms with Crippen molar-refractivity contribution in [2.45, 2.75) is 0 Å². The second kappa shape index (κ2) is 5.16. The molecular weight excluding hydrogens is 216 g/mol. The Labute approximate surface area is 99.3 Å². The van der Waals surface area contributed by atoms with E-state index in [1.165, 1.54) is 13.4 Å². The van der Waals surface area contributed by atoms with Crippen LogP contribution in [0.15, 0.2) is 53.1 Å². The van der Waals surface area contributed by atoms with Crippen molar-refractivity contribution in [1.29, 1.82) is 0 Å². The van der Waals surface area contributed by atoms with E-state index in [1.807, 2.05) is 30.3 Å². The van der Waals surface area contributed by atoms with Crippen LogP contribution in [-0.4, -0.2) is 13.1 Å². The number of carbonyl (C=O) groups excluding carboxylic acids is 1. The Kier molecular flexibility index (Phi) is 3.40. The maximum atomic E-state index is 11.7. The molecule has 0 saturated heterocycles. The van der Waals surface area contributed by atoms with Gasteiger partial charge in [-0.05, 0) is 23.8 Å². The molecule has 2 aromatic rings. The highest BCUT2D eigenvalue weighted by atomic mass is 16.5. The monoisotopic (exact) mass is 228 g/mol. The van der Waals surface area contributed by atoms with Crippen LogP contribution >= 0.6 is 0 Å². The molecule has 2 rings (SSSR count). The summed E-state index contributed by atoms with van der Waals surface area (Å²) in [5.41, 5.74) is 1.33. The van der Waals surface area contributed by atoms with Gasteiger partial charge in [-0.25, -0.2) is 4.79 Å². The summed E-state index contributed by atoms with van der Waals surface area (Å²) in [6, 6.07) is 13.0. The molecule has 1 heterocycles. The van der Waals surface area contributed by atoms with E-state index in [0.29, 0.717) is 11.3 Å². The van der Waals surface area contributed by atoms with Gasteiger partial charge in [0, 0.05) is 0 Å². The number of carbonyl (C=O) groups is 1. The summed E-state index contributed by atoms with van der Waals surface area (Å²) in [7, 11) is 1.35. The molecule has 0 aliphatic heterocycles. The van der Waals surface area contributed by atoms with Crippen molar-refractivity contribution in [1.82, 2.24) is 0 Å². The lowest BCUT2D eigenvalue weighted by Crippen LogP contribution is -2.02. The molecular formula is C14H12O3. The fourth-order valence-corrected chi connectivity index (χ4v) is 1.49. The molecule has 0 spiro atoms. The summed E-state index contributed by atoms with van der Waals surface area (Å²) in [5, 5.41) is 0. The molecule has 0 amide bonds. The first-order chi connectivity index (χ1) is 8.31. The molecule has 0 radical (unpaired) electrons. The highest BCUT2D eigenvalue weighted by Crippen LogP contribution is 2.19. The summed E-state index contributed by atoms with van der Waals surface area (Å²) < 4.78 is 9.96. The molecule has 17 heavy (non-hydrogen) atoms. The molecule has 0 fully saturated rings. The highest BCUT2D eigenvalue weighted by Gasteiger charge is 2.14. The number of hydrogen-bond donors (Lipinski definition) is 0. The molecule has 0 aliphatic carbocycles. The van der Waals surface area contributed by atoms with E-state index in [9.17, 15) is 4.79 Å². The van der Waals surface area contributed by atoms with Crippen molar-refractivity contribution in [3.63, 3.8) is 0 Å². The number of rotatable bonds is 3. The average Bonchev–Trinajstić information content (AvgIpc) is 2.90. The number of benzene rings is 1. The van der Waals surface area contributed by atoms with Gasteiger partial charge in [0.25, 0.3) is 0 Å². The van der Waals surface area contributed by atoms with E-state index in [1.54, 1.807) is 18.2 Å². The average molecular weight is 228 g/mol. The Bertz CT molecular complexity index is 510. The van der Waals surface area contributed by atoms with Crippen molar-refractivity contribution in [2.75, 3.05) is 7.11 Å². The highest BCUT2D eigenvalue weighted by molar-refractivity contribution is 6.20. The fourth-order valence-electron chi connectivity index (χ4n) is 1.49. The maximum Gasteiger partial charge on any atom is 0.341 e. The van der Waals surface area contributed by atoms with Crippen LogP contribution in [0.4, 0.5) is 0 Å². The van der Waals surface area contributed by atoms with Crippen LogP contribution in [0, 0.1) is 0 Å². The number of furan rings is 1. The van der Waals surface area contributed by atoms with Crippen molar-refractivity contribution >= 4 is 17.6 Å². The predicted octanol–water partition coefficient (Wildman–Crippen LogP) is 2.99. The Morgan fingerprint density at radius 2 is 1.94 bits per heavy atom. The van der Waals surface area contributed by atoms with Gasteiger partial charge in [0.1, 0.15) is 11.3 Å². The number of hydrogen-bond acceptors (Lipinski definition) is 3. The third-order valence-electron chi connectivity index (χ3n) is 2.30. The number of esters is 1. The first kappa shape index (κ1) is 11.2. The van der Waals surface area contributed by atoms with Gasteiger partial charge in [0.05, 0.1) is 13.4 Å². The quantitative estimate of drug-likeness (QED) is 0.598. The van der Waals surface area contributed by atoms with Crippen molar-refractivity contribution in [2.24, 2.45) is 0 Å². The minimum atomic E-state index is -0.413. The molecule has 0 saturated carbocycles. The third-order valence-corrected chi connectivity index (χ3v) is 2.30. The summed E-state index contributed by atoms with van der Waals surface area (Å²) in [6.45, 7) is 0. The second-order valence-corrected chi connectivity index (χ2v) is 3.44. The predicted molar refractivity (Wildman–Crippen MR) is 65.0 cm³/mol. The van der Waals surface area contributed by atoms with Crippen LogP contribution in [0.25, 0.3) is 11.6 Å². The van der Waals surface area contributed by atoms with E-state index < -0.39 is 5.97 Å². The molecule has 0 aliphatic rings. The van der Waals surface area contributed by atoms with E-state index >= 15 is 0 Å². The lowest BCUT2D eigenvalue weighted by molar-refractivity contribution is -0.133. The summed E-state index contributed by atoms with van der Waals surface area (Å²) in [6.07, 6.45) is 3.27. The van der Waals surface area contributed by atoms with Crippen molar-refractivity contribution < 1.29 is 13.9 Å². The molecule has 1 aromatic heterocycles. The van der Waals surface area contributed by atoms with Gasteiger partial charge in [-0.2, -0.15) is 0 Å². The van der Waals surface area contributed by atoms with Gasteiger partial charge < -0.3 is 9.15 Å². The first-order valence-electron chi connectivity index (χ1n) is 5.20. The molecule has 86 valence electrons. The van der Waals surface area contributed by atoms with Gasteiger partial charge in [-0.15, -0.1) is 0 Å². The molecule has 0 N–H and O–H groups in total. The van der Waals surface area contributed by atoms with Crippen LogP contribution in [-0.2, 0) is 9.53 Å². The minimum Gasteiger partial charge on any atom is -0.465 e. The Morgan fingerprint density at radius 3 is 2.53 bits per heavy atom. The third kappa shape index (κ3) is 2.64. The normalized spacial score (nSPS) is 11.2. The maximum absolute atomic E-state index is 11.7. The van der Waals surface area contributed by atoms with Crippen LogP contribution in [0.5, 0.6) is 0 Å². The molecule has 0 atom stereocenters. The largest absolute Gasteiger partial charge is 0.465 e. The van der Waals surface area contributed by atoms with Gasteiger partial charge in [-0.1, -0.05) is 30.3 Å². The Hall–Kier alpha value is -2.29.